The molecular weight excluding hydrogens is 154 g/mol. The van der Waals surface area contributed by atoms with Crippen molar-refractivity contribution in [3.8, 4) is 0 Å². The van der Waals surface area contributed by atoms with Crippen LogP contribution in [0.25, 0.3) is 11.0 Å². The van der Waals surface area contributed by atoms with Crippen molar-refractivity contribution in [2.45, 2.75) is 0 Å². The number of aromatic nitrogens is 2. The predicted octanol–water partition coefficient (Wildman–Crippen LogP) is 0.763. The number of carbonyl (C=O) groups excluding carboxylic acids is 1. The Kier molecular flexibility index (Phi) is 1.33. The quantitative estimate of drug-likeness (QED) is 0.618. The van der Waals surface area contributed by atoms with Gasteiger partial charge in [0.1, 0.15) is 6.33 Å². The van der Waals surface area contributed by atoms with Crippen LogP contribution >= 0.6 is 0 Å². The Bertz CT molecular complexity index is 433. The van der Waals surface area contributed by atoms with Crippen LogP contribution in [0.15, 0.2) is 24.5 Å². The van der Waals surface area contributed by atoms with Gasteiger partial charge >= 0.3 is 6.03 Å². The highest BCUT2D eigenvalue weighted by Crippen LogP contribution is 2.09. The van der Waals surface area contributed by atoms with Gasteiger partial charge in [-0.15, -0.1) is 0 Å². The fraction of sp³-hybridized carbons (Fsp3) is 0. The second-order valence-corrected chi connectivity index (χ2v) is 2.36. The van der Waals surface area contributed by atoms with Crippen molar-refractivity contribution < 1.29 is 4.79 Å². The standard InChI is InChI=1S/C8H6N3O/c9-8(12)11-5-10-6-3-1-2-4-7(6)11/h1-2,4-5H,(H2,9,12). The van der Waals surface area contributed by atoms with Crippen molar-refractivity contribution in [3.63, 3.8) is 0 Å². The monoisotopic (exact) mass is 160 g/mol. The molecule has 4 heteroatoms. The molecule has 1 heterocycles. The van der Waals surface area contributed by atoms with Crippen LogP contribution in [-0.2, 0) is 0 Å². The van der Waals surface area contributed by atoms with E-state index < -0.39 is 6.03 Å². The molecule has 59 valence electrons. The lowest BCUT2D eigenvalue weighted by Crippen LogP contribution is -2.18. The van der Waals surface area contributed by atoms with Crippen LogP contribution < -0.4 is 5.73 Å². The van der Waals surface area contributed by atoms with Crippen LogP contribution in [-0.4, -0.2) is 15.6 Å². The van der Waals surface area contributed by atoms with Gasteiger partial charge < -0.3 is 5.73 Å². The average molecular weight is 160 g/mol. The third-order valence-corrected chi connectivity index (χ3v) is 1.61. The number of rotatable bonds is 0. The van der Waals surface area contributed by atoms with Crippen LogP contribution in [0.2, 0.25) is 0 Å². The van der Waals surface area contributed by atoms with E-state index in [-0.39, 0.29) is 0 Å². The molecule has 0 saturated carbocycles. The van der Waals surface area contributed by atoms with E-state index in [0.29, 0.717) is 11.0 Å². The molecule has 0 aliphatic rings. The first-order chi connectivity index (χ1) is 5.79. The van der Waals surface area contributed by atoms with E-state index in [4.69, 9.17) is 5.73 Å². The van der Waals surface area contributed by atoms with Crippen LogP contribution in [0.1, 0.15) is 0 Å². The van der Waals surface area contributed by atoms with Gasteiger partial charge in [0.25, 0.3) is 0 Å². The Morgan fingerprint density at radius 1 is 1.67 bits per heavy atom. The van der Waals surface area contributed by atoms with E-state index in [2.05, 4.69) is 11.1 Å². The first-order valence-corrected chi connectivity index (χ1v) is 3.42. The molecular formula is C8H6N3O. The normalized spacial score (nSPS) is 10.3. The van der Waals surface area contributed by atoms with Crippen LogP contribution in [0.4, 0.5) is 4.79 Å². The maximum atomic E-state index is 10.8. The number of carbonyl (C=O) groups is 1. The SMILES string of the molecule is NC(=O)n1cnc2[c]cccc21. The van der Waals surface area contributed by atoms with Crippen molar-refractivity contribution in [1.82, 2.24) is 9.55 Å². The molecule has 0 saturated heterocycles. The molecule has 2 N–H and O–H groups in total. The first kappa shape index (κ1) is 6.84. The Balaban J connectivity index is 2.79. The molecule has 0 unspecified atom stereocenters. The number of hydrogen-bond acceptors (Lipinski definition) is 2. The number of nitrogens with two attached hydrogens (primary N) is 1. The summed E-state index contributed by atoms with van der Waals surface area (Å²) in [6.45, 7) is 0. The Morgan fingerprint density at radius 2 is 2.50 bits per heavy atom. The molecule has 4 nitrogen and oxygen atoms in total. The highest BCUT2D eigenvalue weighted by Gasteiger charge is 2.04. The number of imidazole rings is 1. The number of fused-ring (bicyclic) bond motifs is 1. The summed E-state index contributed by atoms with van der Waals surface area (Å²) in [5.74, 6) is 0. The number of amides is 1. The molecule has 12 heavy (non-hydrogen) atoms. The van der Waals surface area contributed by atoms with Gasteiger partial charge in [0.2, 0.25) is 0 Å². The van der Waals surface area contributed by atoms with Crippen molar-refractivity contribution in [3.05, 3.63) is 30.6 Å². The Labute approximate surface area is 68.6 Å². The number of nitrogens with zero attached hydrogens (tertiary/aromatic N) is 2. The van der Waals surface area contributed by atoms with Gasteiger partial charge in [-0.25, -0.2) is 9.78 Å². The van der Waals surface area contributed by atoms with Gasteiger partial charge in [-0.05, 0) is 6.07 Å². The minimum atomic E-state index is -0.530. The minimum Gasteiger partial charge on any atom is -0.351 e. The summed E-state index contributed by atoms with van der Waals surface area (Å²) in [4.78, 5) is 14.8. The summed E-state index contributed by atoms with van der Waals surface area (Å²) in [5, 5.41) is 0. The second kappa shape index (κ2) is 2.34. The van der Waals surface area contributed by atoms with E-state index in [0.717, 1.165) is 0 Å². The lowest BCUT2D eigenvalue weighted by atomic mass is 10.3. The van der Waals surface area contributed by atoms with Crippen molar-refractivity contribution in [2.75, 3.05) is 0 Å². The minimum absolute atomic E-state index is 0.530. The van der Waals surface area contributed by atoms with E-state index in [9.17, 15) is 4.79 Å². The van der Waals surface area contributed by atoms with Crippen LogP contribution in [0.3, 0.4) is 0 Å². The number of benzene rings is 1. The third kappa shape index (κ3) is 0.852. The molecule has 1 aromatic heterocycles. The zero-order valence-corrected chi connectivity index (χ0v) is 6.19. The molecule has 0 bridgehead atoms. The number of hydrogen-bond donors (Lipinski definition) is 1. The molecule has 2 rings (SSSR count). The summed E-state index contributed by atoms with van der Waals surface area (Å²) in [7, 11) is 0. The zero-order valence-electron chi connectivity index (χ0n) is 6.19. The largest absolute Gasteiger partial charge is 0.351 e. The van der Waals surface area contributed by atoms with Crippen LogP contribution in [0, 0.1) is 6.07 Å². The highest BCUT2D eigenvalue weighted by molar-refractivity contribution is 5.87. The van der Waals surface area contributed by atoms with Gasteiger partial charge in [0, 0.05) is 6.07 Å². The molecule has 1 radical (unpaired) electrons. The summed E-state index contributed by atoms with van der Waals surface area (Å²) in [6, 6.07) is 7.64. The lowest BCUT2D eigenvalue weighted by Gasteiger charge is -1.94. The molecule has 0 spiro atoms. The summed E-state index contributed by atoms with van der Waals surface area (Å²) < 4.78 is 1.28. The maximum absolute atomic E-state index is 10.8. The maximum Gasteiger partial charge on any atom is 0.324 e. The molecule has 0 aliphatic heterocycles. The molecule has 1 aromatic carbocycles. The molecule has 2 aromatic rings. The van der Waals surface area contributed by atoms with Gasteiger partial charge in [-0.3, -0.25) is 4.57 Å². The van der Waals surface area contributed by atoms with Crippen molar-refractivity contribution in [2.24, 2.45) is 5.73 Å². The van der Waals surface area contributed by atoms with E-state index in [1.54, 1.807) is 18.2 Å². The zero-order chi connectivity index (χ0) is 8.55. The predicted molar refractivity (Wildman–Crippen MR) is 43.6 cm³/mol. The van der Waals surface area contributed by atoms with Crippen LogP contribution in [0.5, 0.6) is 0 Å². The highest BCUT2D eigenvalue weighted by atomic mass is 16.2. The molecule has 0 fully saturated rings. The number of para-hydroxylation sites is 1. The van der Waals surface area contributed by atoms with Gasteiger partial charge in [-0.1, -0.05) is 12.1 Å². The lowest BCUT2D eigenvalue weighted by molar-refractivity contribution is 0.251. The molecule has 0 aliphatic carbocycles. The third-order valence-electron chi connectivity index (χ3n) is 1.61. The van der Waals surface area contributed by atoms with E-state index in [1.807, 2.05) is 0 Å². The Morgan fingerprint density at radius 3 is 3.25 bits per heavy atom. The molecule has 0 atom stereocenters. The van der Waals surface area contributed by atoms with Crippen molar-refractivity contribution in [1.29, 1.82) is 0 Å². The summed E-state index contributed by atoms with van der Waals surface area (Å²) in [5.41, 5.74) is 6.43. The van der Waals surface area contributed by atoms with Gasteiger partial charge in [0.15, 0.2) is 0 Å². The van der Waals surface area contributed by atoms with Gasteiger partial charge in [0.05, 0.1) is 11.0 Å². The van der Waals surface area contributed by atoms with E-state index >= 15 is 0 Å². The van der Waals surface area contributed by atoms with Crippen molar-refractivity contribution >= 4 is 17.1 Å². The summed E-state index contributed by atoms with van der Waals surface area (Å²) in [6.07, 6.45) is 1.39. The molecule has 1 amide bonds. The topological polar surface area (TPSA) is 60.9 Å². The smallest absolute Gasteiger partial charge is 0.324 e. The average Bonchev–Trinajstić information content (AvgIpc) is 2.47. The fourth-order valence-corrected chi connectivity index (χ4v) is 1.07. The first-order valence-electron chi connectivity index (χ1n) is 3.42. The summed E-state index contributed by atoms with van der Waals surface area (Å²) >= 11 is 0. The fourth-order valence-electron chi connectivity index (χ4n) is 1.07. The Hall–Kier alpha value is -1.84. The number of primary amides is 1. The second-order valence-electron chi connectivity index (χ2n) is 2.36. The van der Waals surface area contributed by atoms with Gasteiger partial charge in [-0.2, -0.15) is 0 Å². The van der Waals surface area contributed by atoms with E-state index in [1.165, 1.54) is 10.9 Å².